The van der Waals surface area contributed by atoms with Crippen molar-refractivity contribution >= 4 is 18.0 Å². The largest absolute Gasteiger partial charge is 0.483 e. The Morgan fingerprint density at radius 3 is 2.48 bits per heavy atom. The maximum atomic E-state index is 12.5. The molecule has 0 aliphatic heterocycles. The highest BCUT2D eigenvalue weighted by atomic mass is 16.3. The van der Waals surface area contributed by atoms with E-state index in [4.69, 9.17) is 9.90 Å². The van der Waals surface area contributed by atoms with Gasteiger partial charge in [-0.3, -0.25) is 14.4 Å². The summed E-state index contributed by atoms with van der Waals surface area (Å²) in [6, 6.07) is 0. The summed E-state index contributed by atoms with van der Waals surface area (Å²) in [5.41, 5.74) is 2.64. The molecule has 0 aromatic carbocycles. The van der Waals surface area contributed by atoms with Crippen LogP contribution in [0.5, 0.6) is 0 Å². The van der Waals surface area contributed by atoms with Gasteiger partial charge in [-0.1, -0.05) is 12.5 Å². The van der Waals surface area contributed by atoms with E-state index in [1.807, 2.05) is 6.08 Å². The molecule has 4 nitrogen and oxygen atoms in total. The molecule has 6 aliphatic carbocycles. The van der Waals surface area contributed by atoms with Gasteiger partial charge >= 0.3 is 0 Å². The van der Waals surface area contributed by atoms with Crippen molar-refractivity contribution in [3.8, 4) is 0 Å². The summed E-state index contributed by atoms with van der Waals surface area (Å²) in [5.74, 6) is 3.85. The normalized spacial score (nSPS) is 51.5. The number of hydrogen-bond donors (Lipinski definition) is 1. The second-order valence-corrected chi connectivity index (χ2v) is 10.2. The van der Waals surface area contributed by atoms with Gasteiger partial charge in [0.25, 0.3) is 6.47 Å². The predicted molar refractivity (Wildman–Crippen MR) is 99.9 cm³/mol. The van der Waals surface area contributed by atoms with Crippen LogP contribution in [-0.4, -0.2) is 23.1 Å². The second kappa shape index (κ2) is 5.55. The molecule has 6 aliphatic rings. The van der Waals surface area contributed by atoms with Gasteiger partial charge in [0.1, 0.15) is 5.78 Å². The van der Waals surface area contributed by atoms with Crippen molar-refractivity contribution in [2.45, 2.75) is 71.1 Å². The molecule has 5 fully saturated rings. The van der Waals surface area contributed by atoms with Gasteiger partial charge in [-0.15, -0.1) is 0 Å². The van der Waals surface area contributed by atoms with E-state index in [0.717, 1.165) is 43.4 Å². The van der Waals surface area contributed by atoms with Crippen LogP contribution in [0.25, 0.3) is 0 Å². The molecular weight excluding hydrogens is 340 g/mol. The summed E-state index contributed by atoms with van der Waals surface area (Å²) in [5, 5.41) is 6.89. The molecule has 0 aromatic rings. The molecule has 0 radical (unpaired) electrons. The number of fused-ring (bicyclic) bond motifs is 4. The van der Waals surface area contributed by atoms with Crippen LogP contribution in [0, 0.1) is 39.9 Å². The first-order valence-corrected chi connectivity index (χ1v) is 10.8. The molecule has 0 amide bonds. The lowest BCUT2D eigenvalue weighted by molar-refractivity contribution is -0.123. The molecule has 146 valence electrons. The number of carbonyl (C=O) groups is 3. The van der Waals surface area contributed by atoms with E-state index in [0.29, 0.717) is 28.3 Å². The minimum absolute atomic E-state index is 0.250. The van der Waals surface area contributed by atoms with Crippen molar-refractivity contribution in [2.75, 3.05) is 0 Å². The molecule has 7 atom stereocenters. The number of carbonyl (C=O) groups excluding carboxylic acids is 2. The van der Waals surface area contributed by atoms with Crippen LogP contribution in [0.15, 0.2) is 11.6 Å². The van der Waals surface area contributed by atoms with Crippen molar-refractivity contribution < 1.29 is 19.5 Å². The molecule has 1 N–H and O–H groups in total. The van der Waals surface area contributed by atoms with Crippen molar-refractivity contribution in [1.29, 1.82) is 0 Å². The number of rotatable bonds is 0. The fraction of sp³-hybridized carbons (Fsp3) is 0.783. The molecule has 6 rings (SSSR count). The Balaban J connectivity index is 0.000000504. The van der Waals surface area contributed by atoms with Crippen molar-refractivity contribution in [3.63, 3.8) is 0 Å². The van der Waals surface area contributed by atoms with Crippen LogP contribution >= 0.6 is 0 Å². The monoisotopic (exact) mass is 370 g/mol. The number of carboxylic acid groups (broad SMARTS) is 1. The van der Waals surface area contributed by atoms with Crippen LogP contribution in [-0.2, 0) is 14.4 Å². The second-order valence-electron chi connectivity index (χ2n) is 10.2. The molecule has 0 saturated heterocycles. The number of hydrogen-bond acceptors (Lipinski definition) is 3. The molecule has 0 bridgehead atoms. The zero-order valence-electron chi connectivity index (χ0n) is 16.2. The van der Waals surface area contributed by atoms with Gasteiger partial charge in [-0.25, -0.2) is 0 Å². The van der Waals surface area contributed by atoms with Crippen molar-refractivity contribution in [1.82, 2.24) is 0 Å². The quantitative estimate of drug-likeness (QED) is 0.649. The third kappa shape index (κ3) is 1.92. The highest BCUT2D eigenvalue weighted by Gasteiger charge is 2.86. The molecule has 2 spiro atoms. The zero-order chi connectivity index (χ0) is 19.0. The fourth-order valence-corrected chi connectivity index (χ4v) is 9.25. The molecule has 0 heterocycles. The Kier molecular flexibility index (Phi) is 3.62. The number of Topliss-reactive ketones (excluding diaryl/α,β-unsaturated/α-hetero) is 1. The summed E-state index contributed by atoms with van der Waals surface area (Å²) in [7, 11) is 0. The summed E-state index contributed by atoms with van der Waals surface area (Å²) >= 11 is 0. The summed E-state index contributed by atoms with van der Waals surface area (Å²) < 4.78 is 0. The SMILES string of the molecule is CC12CCC(=O)C=C1CCC1C2CCC23C1CC[C@@]21CCC(=O)C31.O=CO. The third-order valence-corrected chi connectivity index (χ3v) is 10.0. The highest BCUT2D eigenvalue weighted by Crippen LogP contribution is 2.89. The summed E-state index contributed by atoms with van der Waals surface area (Å²) in [6.45, 7) is 2.21. The van der Waals surface area contributed by atoms with E-state index < -0.39 is 0 Å². The van der Waals surface area contributed by atoms with Crippen LogP contribution in [0.2, 0.25) is 0 Å². The standard InChI is InChI=1S/C22H28O2.CH2O2/c1-20-8-4-14(23)12-13(20)2-3-15-16(20)6-11-22-17(15)5-9-21(22)10-7-18(24)19(21)22;2-1-3/h12,15-17,19H,2-11H2,1H3;1H,(H,2,3)/t15?,16?,17?,19?,20?,21-,22?;/m0./s1. The predicted octanol–water partition coefficient (Wildman–Crippen LogP) is 4.18. The van der Waals surface area contributed by atoms with E-state index in [-0.39, 0.29) is 11.9 Å². The Hall–Kier alpha value is -1.45. The summed E-state index contributed by atoms with van der Waals surface area (Å²) in [4.78, 5) is 32.8. The minimum Gasteiger partial charge on any atom is -0.483 e. The smallest absolute Gasteiger partial charge is 0.290 e. The lowest BCUT2D eigenvalue weighted by Crippen LogP contribution is -2.48. The van der Waals surface area contributed by atoms with Gasteiger partial charge in [0.2, 0.25) is 0 Å². The lowest BCUT2D eigenvalue weighted by atomic mass is 9.48. The van der Waals surface area contributed by atoms with E-state index in [1.54, 1.807) is 0 Å². The van der Waals surface area contributed by atoms with E-state index in [2.05, 4.69) is 6.92 Å². The van der Waals surface area contributed by atoms with E-state index in [9.17, 15) is 9.59 Å². The first-order valence-electron chi connectivity index (χ1n) is 10.8. The Labute approximate surface area is 160 Å². The minimum atomic E-state index is -0.250. The first-order chi connectivity index (χ1) is 12.9. The summed E-state index contributed by atoms with van der Waals surface area (Å²) in [6.07, 6.45) is 13.7. The maximum Gasteiger partial charge on any atom is 0.290 e. The molecule has 0 aromatic heterocycles. The van der Waals surface area contributed by atoms with Gasteiger partial charge in [-0.2, -0.15) is 0 Å². The van der Waals surface area contributed by atoms with Crippen LogP contribution in [0.1, 0.15) is 71.1 Å². The molecule has 27 heavy (non-hydrogen) atoms. The first kappa shape index (κ1) is 17.6. The topological polar surface area (TPSA) is 71.4 Å². The number of allylic oxidation sites excluding steroid dienone is 1. The highest BCUT2D eigenvalue weighted by molar-refractivity contribution is 5.92. The Morgan fingerprint density at radius 1 is 1.00 bits per heavy atom. The van der Waals surface area contributed by atoms with Crippen LogP contribution < -0.4 is 0 Å². The van der Waals surface area contributed by atoms with Gasteiger partial charge in [0.15, 0.2) is 5.78 Å². The molecular formula is C23H30O4. The van der Waals surface area contributed by atoms with Crippen molar-refractivity contribution in [2.24, 2.45) is 39.9 Å². The van der Waals surface area contributed by atoms with Crippen molar-refractivity contribution in [3.05, 3.63) is 11.6 Å². The average Bonchev–Trinajstić information content (AvgIpc) is 2.90. The maximum absolute atomic E-state index is 12.5. The lowest BCUT2D eigenvalue weighted by Gasteiger charge is -2.56. The van der Waals surface area contributed by atoms with Gasteiger partial charge < -0.3 is 5.11 Å². The molecule has 5 saturated carbocycles. The molecule has 6 unspecified atom stereocenters. The average molecular weight is 370 g/mol. The number of ketones is 2. The Bertz CT molecular complexity index is 753. The fourth-order valence-electron chi connectivity index (χ4n) is 9.25. The van der Waals surface area contributed by atoms with Crippen LogP contribution in [0.3, 0.4) is 0 Å². The van der Waals surface area contributed by atoms with Crippen LogP contribution in [0.4, 0.5) is 0 Å². The van der Waals surface area contributed by atoms with E-state index >= 15 is 0 Å². The zero-order valence-corrected chi connectivity index (χ0v) is 16.2. The van der Waals surface area contributed by atoms with Gasteiger partial charge in [0, 0.05) is 18.8 Å². The third-order valence-electron chi connectivity index (χ3n) is 10.0. The van der Waals surface area contributed by atoms with Gasteiger partial charge in [-0.05, 0) is 91.4 Å². The van der Waals surface area contributed by atoms with Gasteiger partial charge in [0.05, 0.1) is 0 Å². The Morgan fingerprint density at radius 2 is 1.74 bits per heavy atom. The molecule has 4 heteroatoms. The van der Waals surface area contributed by atoms with E-state index in [1.165, 1.54) is 44.1 Å².